The van der Waals surface area contributed by atoms with Crippen LogP contribution in [0.25, 0.3) is 0 Å². The second kappa shape index (κ2) is 6.24. The normalized spacial score (nSPS) is 10.5. The van der Waals surface area contributed by atoms with Crippen molar-refractivity contribution in [2.75, 3.05) is 0 Å². The lowest BCUT2D eigenvalue weighted by Crippen LogP contribution is -1.99. The van der Waals surface area contributed by atoms with Crippen LogP contribution in [0.3, 0.4) is 0 Å². The first kappa shape index (κ1) is 14.1. The average molecular weight is 301 g/mol. The number of rotatable bonds is 4. The van der Waals surface area contributed by atoms with Gasteiger partial charge in [0.15, 0.2) is 0 Å². The molecule has 5 heteroatoms. The molecule has 0 spiro atoms. The van der Waals surface area contributed by atoms with Crippen LogP contribution in [0.1, 0.15) is 11.1 Å². The number of halogens is 3. The Morgan fingerprint density at radius 3 is 2.53 bits per heavy atom. The number of aliphatic hydroxyl groups is 1. The summed E-state index contributed by atoms with van der Waals surface area (Å²) in [5.41, 5.74) is 1.08. The van der Waals surface area contributed by atoms with Gasteiger partial charge >= 0.3 is 0 Å². The zero-order valence-electron chi connectivity index (χ0n) is 9.87. The van der Waals surface area contributed by atoms with Crippen LogP contribution in [0.15, 0.2) is 36.4 Å². The zero-order valence-corrected chi connectivity index (χ0v) is 11.4. The van der Waals surface area contributed by atoms with Crippen LogP contribution in [0, 0.1) is 5.82 Å². The minimum atomic E-state index is -0.421. The van der Waals surface area contributed by atoms with Crippen LogP contribution in [0.2, 0.25) is 10.0 Å². The lowest BCUT2D eigenvalue weighted by molar-refractivity contribution is 0.280. The molecule has 100 valence electrons. The van der Waals surface area contributed by atoms with Gasteiger partial charge in [0.1, 0.15) is 18.2 Å². The Morgan fingerprint density at radius 1 is 1.11 bits per heavy atom. The maximum absolute atomic E-state index is 13.5. The van der Waals surface area contributed by atoms with E-state index in [1.807, 2.05) is 0 Å². The Balaban J connectivity index is 2.10. The molecule has 0 unspecified atom stereocenters. The van der Waals surface area contributed by atoms with Gasteiger partial charge in [-0.1, -0.05) is 35.3 Å². The molecule has 0 saturated heterocycles. The summed E-state index contributed by atoms with van der Waals surface area (Å²) < 4.78 is 19.0. The Bertz CT molecular complexity index is 588. The molecule has 0 fully saturated rings. The van der Waals surface area contributed by atoms with E-state index in [2.05, 4.69) is 0 Å². The smallest absolute Gasteiger partial charge is 0.138 e. The molecule has 0 bridgehead atoms. The van der Waals surface area contributed by atoms with Gasteiger partial charge in [-0.3, -0.25) is 0 Å². The van der Waals surface area contributed by atoms with Crippen LogP contribution in [0.4, 0.5) is 4.39 Å². The van der Waals surface area contributed by atoms with E-state index in [1.165, 1.54) is 6.07 Å². The van der Waals surface area contributed by atoms with Crippen molar-refractivity contribution in [2.24, 2.45) is 0 Å². The van der Waals surface area contributed by atoms with Gasteiger partial charge in [-0.05, 0) is 29.8 Å². The van der Waals surface area contributed by atoms with E-state index >= 15 is 0 Å². The van der Waals surface area contributed by atoms with Crippen molar-refractivity contribution in [2.45, 2.75) is 13.2 Å². The Hall–Kier alpha value is -1.29. The van der Waals surface area contributed by atoms with Gasteiger partial charge in [-0.25, -0.2) is 4.39 Å². The maximum atomic E-state index is 13.5. The van der Waals surface area contributed by atoms with Crippen molar-refractivity contribution >= 4 is 23.2 Å². The first-order chi connectivity index (χ1) is 9.10. The van der Waals surface area contributed by atoms with E-state index in [-0.39, 0.29) is 13.2 Å². The molecule has 0 aliphatic heterocycles. The Kier molecular flexibility index (Phi) is 4.64. The fourth-order valence-corrected chi connectivity index (χ4v) is 1.97. The quantitative estimate of drug-likeness (QED) is 0.917. The molecule has 2 nitrogen and oxygen atoms in total. The molecule has 0 saturated carbocycles. The zero-order chi connectivity index (χ0) is 13.8. The second-order valence-corrected chi connectivity index (χ2v) is 4.79. The van der Waals surface area contributed by atoms with Gasteiger partial charge in [0.25, 0.3) is 0 Å². The van der Waals surface area contributed by atoms with Crippen LogP contribution in [-0.2, 0) is 13.2 Å². The largest absolute Gasteiger partial charge is 0.487 e. The molecule has 2 rings (SSSR count). The summed E-state index contributed by atoms with van der Waals surface area (Å²) in [6, 6.07) is 9.33. The monoisotopic (exact) mass is 300 g/mol. The summed E-state index contributed by atoms with van der Waals surface area (Å²) in [5.74, 6) is 0.0174. The van der Waals surface area contributed by atoms with Gasteiger partial charge < -0.3 is 9.84 Å². The van der Waals surface area contributed by atoms with Crippen molar-refractivity contribution < 1.29 is 14.2 Å². The average Bonchev–Trinajstić information content (AvgIpc) is 2.39. The van der Waals surface area contributed by atoms with Crippen molar-refractivity contribution in [1.29, 1.82) is 0 Å². The standard InChI is InChI=1S/C14H11Cl2FO2/c15-11-3-2-10(13(17)6-11)8-19-14-4-1-9(7-18)5-12(14)16/h1-6,18H,7-8H2. The molecule has 0 atom stereocenters. The van der Waals surface area contributed by atoms with Gasteiger partial charge in [0.05, 0.1) is 11.6 Å². The van der Waals surface area contributed by atoms with Gasteiger partial charge in [0.2, 0.25) is 0 Å². The van der Waals surface area contributed by atoms with Crippen molar-refractivity contribution in [3.63, 3.8) is 0 Å². The minimum Gasteiger partial charge on any atom is -0.487 e. The fourth-order valence-electron chi connectivity index (χ4n) is 1.55. The number of hydrogen-bond donors (Lipinski definition) is 1. The van der Waals surface area contributed by atoms with Crippen molar-refractivity contribution in [3.8, 4) is 5.75 Å². The van der Waals surface area contributed by atoms with Gasteiger partial charge in [0, 0.05) is 10.6 Å². The van der Waals surface area contributed by atoms with Crippen LogP contribution in [-0.4, -0.2) is 5.11 Å². The molecule has 2 aromatic rings. The second-order valence-electron chi connectivity index (χ2n) is 3.95. The predicted molar refractivity (Wildman–Crippen MR) is 73.1 cm³/mol. The third kappa shape index (κ3) is 3.60. The van der Waals surface area contributed by atoms with Gasteiger partial charge in [-0.2, -0.15) is 0 Å². The third-order valence-electron chi connectivity index (χ3n) is 2.58. The van der Waals surface area contributed by atoms with E-state index in [1.54, 1.807) is 30.3 Å². The van der Waals surface area contributed by atoms with E-state index in [9.17, 15) is 4.39 Å². The number of hydrogen-bond acceptors (Lipinski definition) is 2. The van der Waals surface area contributed by atoms with Crippen LogP contribution in [0.5, 0.6) is 5.75 Å². The molecule has 0 aliphatic carbocycles. The summed E-state index contributed by atoms with van der Waals surface area (Å²) in [4.78, 5) is 0. The lowest BCUT2D eigenvalue weighted by atomic mass is 10.2. The van der Waals surface area contributed by atoms with Crippen LogP contribution < -0.4 is 4.74 Å². The first-order valence-electron chi connectivity index (χ1n) is 5.56. The minimum absolute atomic E-state index is 0.0567. The number of benzene rings is 2. The summed E-state index contributed by atoms with van der Waals surface area (Å²) in [7, 11) is 0. The fraction of sp³-hybridized carbons (Fsp3) is 0.143. The summed E-state index contributed by atoms with van der Waals surface area (Å²) >= 11 is 11.7. The van der Waals surface area contributed by atoms with Gasteiger partial charge in [-0.15, -0.1) is 0 Å². The first-order valence-corrected chi connectivity index (χ1v) is 6.32. The lowest BCUT2D eigenvalue weighted by Gasteiger charge is -2.09. The summed E-state index contributed by atoms with van der Waals surface area (Å²) in [6.45, 7) is -0.0347. The molecule has 0 heterocycles. The molecular weight excluding hydrogens is 290 g/mol. The number of ether oxygens (including phenoxy) is 1. The molecular formula is C14H11Cl2FO2. The molecule has 19 heavy (non-hydrogen) atoms. The molecule has 1 N–H and O–H groups in total. The maximum Gasteiger partial charge on any atom is 0.138 e. The highest BCUT2D eigenvalue weighted by atomic mass is 35.5. The van der Waals surface area contributed by atoms with Crippen LogP contribution >= 0.6 is 23.2 Å². The predicted octanol–water partition coefficient (Wildman–Crippen LogP) is 4.20. The molecule has 2 aromatic carbocycles. The Labute approximate surface area is 120 Å². The highest BCUT2D eigenvalue weighted by Crippen LogP contribution is 2.27. The van der Waals surface area contributed by atoms with E-state index < -0.39 is 5.82 Å². The molecule has 0 radical (unpaired) electrons. The topological polar surface area (TPSA) is 29.5 Å². The third-order valence-corrected chi connectivity index (χ3v) is 3.11. The van der Waals surface area contributed by atoms with E-state index in [0.717, 1.165) is 0 Å². The Morgan fingerprint density at radius 2 is 1.89 bits per heavy atom. The van der Waals surface area contributed by atoms with Crippen molar-refractivity contribution in [1.82, 2.24) is 0 Å². The molecule has 0 aromatic heterocycles. The summed E-state index contributed by atoms with van der Waals surface area (Å²) in [5, 5.41) is 9.68. The summed E-state index contributed by atoms with van der Waals surface area (Å²) in [6.07, 6.45) is 0. The highest BCUT2D eigenvalue weighted by molar-refractivity contribution is 6.32. The SMILES string of the molecule is OCc1ccc(OCc2ccc(Cl)cc2F)c(Cl)c1. The highest BCUT2D eigenvalue weighted by Gasteiger charge is 2.07. The number of aliphatic hydroxyl groups excluding tert-OH is 1. The van der Waals surface area contributed by atoms with E-state index in [0.29, 0.717) is 26.9 Å². The molecule has 0 amide bonds. The van der Waals surface area contributed by atoms with Crippen molar-refractivity contribution in [3.05, 3.63) is 63.4 Å². The van der Waals surface area contributed by atoms with E-state index in [4.69, 9.17) is 33.0 Å². The molecule has 0 aliphatic rings.